The summed E-state index contributed by atoms with van der Waals surface area (Å²) in [4.78, 5) is 14.5. The molecule has 0 saturated carbocycles. The van der Waals surface area contributed by atoms with Gasteiger partial charge in [-0.05, 0) is 39.7 Å². The van der Waals surface area contributed by atoms with Gasteiger partial charge in [0.25, 0.3) is 0 Å². The molecule has 2 rings (SSSR count). The van der Waals surface area contributed by atoms with Gasteiger partial charge in [-0.1, -0.05) is 11.6 Å². The third kappa shape index (κ3) is 2.29. The summed E-state index contributed by atoms with van der Waals surface area (Å²) >= 11 is 0. The average Bonchev–Trinajstić information content (AvgIpc) is 2.29. The van der Waals surface area contributed by atoms with Gasteiger partial charge in [0.15, 0.2) is 0 Å². The second-order valence-electron chi connectivity index (χ2n) is 5.41. The molecule has 0 aromatic rings. The van der Waals surface area contributed by atoms with E-state index in [2.05, 4.69) is 25.2 Å². The van der Waals surface area contributed by atoms with Crippen molar-refractivity contribution >= 4 is 5.91 Å². The molecule has 3 heteroatoms. The van der Waals surface area contributed by atoms with Crippen LogP contribution in [0.3, 0.4) is 0 Å². The Bertz CT molecular complexity index is 303. The number of nitrogens with zero attached hydrogens (tertiary/aromatic N) is 1. The first kappa shape index (κ1) is 11.6. The number of rotatable bonds is 1. The van der Waals surface area contributed by atoms with E-state index in [-0.39, 0.29) is 5.41 Å². The van der Waals surface area contributed by atoms with Crippen LogP contribution in [0.15, 0.2) is 11.6 Å². The maximum Gasteiger partial charge on any atom is 0.230 e. The zero-order valence-corrected chi connectivity index (χ0v) is 10.4. The minimum Gasteiger partial charge on any atom is -0.338 e. The molecule has 0 bridgehead atoms. The van der Waals surface area contributed by atoms with Crippen LogP contribution in [0.5, 0.6) is 0 Å². The third-order valence-electron chi connectivity index (χ3n) is 3.73. The second-order valence-corrected chi connectivity index (χ2v) is 5.41. The van der Waals surface area contributed by atoms with Crippen LogP contribution in [0.1, 0.15) is 33.1 Å². The van der Waals surface area contributed by atoms with Crippen molar-refractivity contribution in [3.05, 3.63) is 11.6 Å². The number of piperidine rings is 1. The lowest BCUT2D eigenvalue weighted by Crippen LogP contribution is -2.51. The van der Waals surface area contributed by atoms with E-state index < -0.39 is 0 Å². The van der Waals surface area contributed by atoms with E-state index in [9.17, 15) is 4.79 Å². The quantitative estimate of drug-likeness (QED) is 0.683. The normalized spacial score (nSPS) is 31.1. The van der Waals surface area contributed by atoms with E-state index in [1.807, 2.05) is 4.90 Å². The number of carbonyl (C=O) groups excluding carboxylic acids is 1. The molecule has 1 atom stereocenters. The van der Waals surface area contributed by atoms with Crippen molar-refractivity contribution in [1.82, 2.24) is 10.2 Å². The summed E-state index contributed by atoms with van der Waals surface area (Å²) < 4.78 is 0. The highest BCUT2D eigenvalue weighted by atomic mass is 16.2. The Balaban J connectivity index is 2.03. The van der Waals surface area contributed by atoms with Crippen LogP contribution in [0, 0.1) is 5.41 Å². The number of amides is 1. The summed E-state index contributed by atoms with van der Waals surface area (Å²) in [7, 11) is 0. The number of carbonyl (C=O) groups is 1. The van der Waals surface area contributed by atoms with E-state index in [1.165, 1.54) is 5.57 Å². The minimum atomic E-state index is -0.171. The van der Waals surface area contributed by atoms with Crippen molar-refractivity contribution in [1.29, 1.82) is 0 Å². The predicted molar refractivity (Wildman–Crippen MR) is 65.2 cm³/mol. The predicted octanol–water partition coefficient (Wildman–Crippen LogP) is 1.55. The summed E-state index contributed by atoms with van der Waals surface area (Å²) in [6.07, 6.45) is 5.40. The molecule has 16 heavy (non-hydrogen) atoms. The van der Waals surface area contributed by atoms with Crippen molar-refractivity contribution in [3.63, 3.8) is 0 Å². The Morgan fingerprint density at radius 1 is 1.56 bits per heavy atom. The second kappa shape index (κ2) is 4.58. The highest BCUT2D eigenvalue weighted by Gasteiger charge is 2.37. The zero-order chi connectivity index (χ0) is 11.6. The summed E-state index contributed by atoms with van der Waals surface area (Å²) in [5, 5.41) is 3.34. The topological polar surface area (TPSA) is 32.3 Å². The molecule has 90 valence electrons. The van der Waals surface area contributed by atoms with Crippen molar-refractivity contribution < 1.29 is 4.79 Å². The van der Waals surface area contributed by atoms with Crippen LogP contribution in [0.4, 0.5) is 0 Å². The first-order valence-electron chi connectivity index (χ1n) is 6.27. The lowest BCUT2D eigenvalue weighted by Gasteiger charge is -2.38. The lowest BCUT2D eigenvalue weighted by molar-refractivity contribution is -0.142. The van der Waals surface area contributed by atoms with E-state index in [0.717, 1.165) is 45.4 Å². The van der Waals surface area contributed by atoms with Crippen molar-refractivity contribution in [2.75, 3.05) is 26.2 Å². The van der Waals surface area contributed by atoms with Gasteiger partial charge in [0.1, 0.15) is 0 Å². The van der Waals surface area contributed by atoms with Crippen molar-refractivity contribution in [2.24, 2.45) is 5.41 Å². The van der Waals surface area contributed by atoms with Crippen molar-refractivity contribution in [2.45, 2.75) is 33.1 Å². The molecule has 0 aromatic heterocycles. The van der Waals surface area contributed by atoms with Gasteiger partial charge >= 0.3 is 0 Å². The molecule has 1 unspecified atom stereocenters. The zero-order valence-electron chi connectivity index (χ0n) is 10.4. The SMILES string of the molecule is CC1=CCCN(C(=O)C2(C)CCCNC2)C1. The Hall–Kier alpha value is -0.830. The van der Waals surface area contributed by atoms with Gasteiger partial charge in [0.2, 0.25) is 5.91 Å². The molecule has 3 nitrogen and oxygen atoms in total. The Morgan fingerprint density at radius 3 is 3.00 bits per heavy atom. The molecule has 0 radical (unpaired) electrons. The van der Waals surface area contributed by atoms with Crippen LogP contribution in [-0.2, 0) is 4.79 Å². The number of hydrogen-bond donors (Lipinski definition) is 1. The van der Waals surface area contributed by atoms with Crippen LogP contribution >= 0.6 is 0 Å². The van der Waals surface area contributed by atoms with Crippen LogP contribution in [-0.4, -0.2) is 37.0 Å². The minimum absolute atomic E-state index is 0.171. The van der Waals surface area contributed by atoms with Gasteiger partial charge < -0.3 is 10.2 Å². The summed E-state index contributed by atoms with van der Waals surface area (Å²) in [6.45, 7) is 7.84. The standard InChI is InChI=1S/C13H22N2O/c1-11-5-3-8-15(9-11)12(16)13(2)6-4-7-14-10-13/h5,14H,3-4,6-10H2,1-2H3. The van der Waals surface area contributed by atoms with Crippen LogP contribution in [0.2, 0.25) is 0 Å². The molecule has 2 aliphatic rings. The van der Waals surface area contributed by atoms with Gasteiger partial charge in [-0.2, -0.15) is 0 Å². The van der Waals surface area contributed by atoms with Gasteiger partial charge in [-0.3, -0.25) is 4.79 Å². The van der Waals surface area contributed by atoms with E-state index in [1.54, 1.807) is 0 Å². The molecule has 2 aliphatic heterocycles. The number of nitrogens with one attached hydrogen (secondary N) is 1. The Kier molecular flexibility index (Phi) is 3.33. The highest BCUT2D eigenvalue weighted by Crippen LogP contribution is 2.29. The third-order valence-corrected chi connectivity index (χ3v) is 3.73. The molecule has 2 heterocycles. The van der Waals surface area contributed by atoms with E-state index in [0.29, 0.717) is 5.91 Å². The maximum atomic E-state index is 12.5. The molecular formula is C13H22N2O. The molecule has 1 saturated heterocycles. The smallest absolute Gasteiger partial charge is 0.230 e. The molecule has 0 spiro atoms. The van der Waals surface area contributed by atoms with Crippen LogP contribution < -0.4 is 5.32 Å². The summed E-state index contributed by atoms with van der Waals surface area (Å²) in [5.74, 6) is 0.340. The first-order valence-corrected chi connectivity index (χ1v) is 6.27. The molecule has 1 amide bonds. The molecule has 1 fully saturated rings. The van der Waals surface area contributed by atoms with Gasteiger partial charge in [-0.15, -0.1) is 0 Å². The molecule has 1 N–H and O–H groups in total. The van der Waals surface area contributed by atoms with Gasteiger partial charge in [-0.25, -0.2) is 0 Å². The molecule has 0 aliphatic carbocycles. The fourth-order valence-corrected chi connectivity index (χ4v) is 2.71. The number of hydrogen-bond acceptors (Lipinski definition) is 2. The Morgan fingerprint density at radius 2 is 2.38 bits per heavy atom. The van der Waals surface area contributed by atoms with Crippen LogP contribution in [0.25, 0.3) is 0 Å². The lowest BCUT2D eigenvalue weighted by atomic mass is 9.81. The molecular weight excluding hydrogens is 200 g/mol. The first-order chi connectivity index (χ1) is 7.62. The average molecular weight is 222 g/mol. The van der Waals surface area contributed by atoms with Gasteiger partial charge in [0.05, 0.1) is 5.41 Å². The fourth-order valence-electron chi connectivity index (χ4n) is 2.71. The largest absolute Gasteiger partial charge is 0.338 e. The summed E-state index contributed by atoms with van der Waals surface area (Å²) in [5.41, 5.74) is 1.16. The summed E-state index contributed by atoms with van der Waals surface area (Å²) in [6, 6.07) is 0. The monoisotopic (exact) mass is 222 g/mol. The fraction of sp³-hybridized carbons (Fsp3) is 0.769. The van der Waals surface area contributed by atoms with E-state index >= 15 is 0 Å². The highest BCUT2D eigenvalue weighted by molar-refractivity contribution is 5.83. The van der Waals surface area contributed by atoms with Crippen molar-refractivity contribution in [3.8, 4) is 0 Å². The Labute approximate surface area is 97.9 Å². The van der Waals surface area contributed by atoms with Gasteiger partial charge in [0, 0.05) is 19.6 Å². The maximum absolute atomic E-state index is 12.5. The molecule has 0 aromatic carbocycles. The van der Waals surface area contributed by atoms with E-state index in [4.69, 9.17) is 0 Å².